The van der Waals surface area contributed by atoms with Crippen molar-refractivity contribution in [2.24, 2.45) is 0 Å². The fourth-order valence-electron chi connectivity index (χ4n) is 3.14. The molecule has 1 saturated carbocycles. The normalized spacial score (nSPS) is 24.0. The number of nitrogens with one attached hydrogen (secondary N) is 1. The van der Waals surface area contributed by atoms with E-state index in [0.29, 0.717) is 6.04 Å². The Morgan fingerprint density at radius 2 is 1.18 bits per heavy atom. The SMILES string of the molecule is OC[C@@H](O)[C@@H](O)[C@H](O)CNC1CCCCCCCCCCC1. The molecule has 1 rings (SSSR count). The zero-order chi connectivity index (χ0) is 16.2. The van der Waals surface area contributed by atoms with E-state index in [1.807, 2.05) is 0 Å². The van der Waals surface area contributed by atoms with Crippen molar-refractivity contribution in [1.82, 2.24) is 5.32 Å². The minimum atomic E-state index is -1.30. The van der Waals surface area contributed by atoms with Crippen molar-refractivity contribution >= 4 is 0 Å². The van der Waals surface area contributed by atoms with Crippen molar-refractivity contribution in [3.8, 4) is 0 Å². The molecule has 5 nitrogen and oxygen atoms in total. The van der Waals surface area contributed by atoms with Gasteiger partial charge in [-0.25, -0.2) is 0 Å². The summed E-state index contributed by atoms with van der Waals surface area (Å²) in [5, 5.41) is 41.0. The Kier molecular flexibility index (Phi) is 11.1. The highest BCUT2D eigenvalue weighted by Crippen LogP contribution is 2.17. The predicted molar refractivity (Wildman–Crippen MR) is 87.7 cm³/mol. The van der Waals surface area contributed by atoms with Crippen LogP contribution in [0.4, 0.5) is 0 Å². The number of aliphatic hydroxyl groups excluding tert-OH is 4. The molecule has 1 aliphatic carbocycles. The third-order valence-corrected chi connectivity index (χ3v) is 4.70. The Morgan fingerprint density at radius 3 is 1.64 bits per heavy atom. The number of rotatable bonds is 6. The lowest BCUT2D eigenvalue weighted by Gasteiger charge is -2.25. The molecule has 132 valence electrons. The summed E-state index contributed by atoms with van der Waals surface area (Å²) in [5.74, 6) is 0. The fraction of sp³-hybridized carbons (Fsp3) is 1.00. The smallest absolute Gasteiger partial charge is 0.109 e. The molecule has 0 unspecified atom stereocenters. The monoisotopic (exact) mass is 317 g/mol. The van der Waals surface area contributed by atoms with Gasteiger partial charge in [0.2, 0.25) is 0 Å². The summed E-state index contributed by atoms with van der Waals surface area (Å²) < 4.78 is 0. The van der Waals surface area contributed by atoms with E-state index in [9.17, 15) is 15.3 Å². The van der Waals surface area contributed by atoms with Crippen LogP contribution in [0, 0.1) is 0 Å². The highest BCUT2D eigenvalue weighted by Gasteiger charge is 2.24. The molecule has 0 aromatic carbocycles. The summed E-state index contributed by atoms with van der Waals surface area (Å²) in [6.45, 7) is -0.287. The zero-order valence-corrected chi connectivity index (χ0v) is 13.8. The summed E-state index contributed by atoms with van der Waals surface area (Å²) in [7, 11) is 0. The highest BCUT2D eigenvalue weighted by atomic mass is 16.4. The molecule has 5 N–H and O–H groups in total. The van der Waals surface area contributed by atoms with Gasteiger partial charge in [0.25, 0.3) is 0 Å². The van der Waals surface area contributed by atoms with Crippen LogP contribution in [0.25, 0.3) is 0 Å². The quantitative estimate of drug-likeness (QED) is 0.509. The Hall–Kier alpha value is -0.200. The van der Waals surface area contributed by atoms with E-state index in [4.69, 9.17) is 5.11 Å². The second-order valence-corrected chi connectivity index (χ2v) is 6.67. The van der Waals surface area contributed by atoms with E-state index in [2.05, 4.69) is 5.32 Å². The minimum absolute atomic E-state index is 0.253. The molecule has 3 atom stereocenters. The Labute approximate surface area is 134 Å². The molecule has 0 bridgehead atoms. The van der Waals surface area contributed by atoms with Gasteiger partial charge in [-0.05, 0) is 12.8 Å². The predicted octanol–water partition coefficient (Wildman–Crippen LogP) is 1.32. The number of hydrogen-bond acceptors (Lipinski definition) is 5. The van der Waals surface area contributed by atoms with Crippen molar-refractivity contribution in [3.63, 3.8) is 0 Å². The van der Waals surface area contributed by atoms with Crippen LogP contribution in [0.2, 0.25) is 0 Å². The first-order valence-electron chi connectivity index (χ1n) is 9.03. The van der Waals surface area contributed by atoms with Gasteiger partial charge in [-0.3, -0.25) is 0 Å². The summed E-state index contributed by atoms with van der Waals surface area (Å²) >= 11 is 0. The van der Waals surface area contributed by atoms with Gasteiger partial charge in [-0.15, -0.1) is 0 Å². The second-order valence-electron chi connectivity index (χ2n) is 6.67. The van der Waals surface area contributed by atoms with Crippen molar-refractivity contribution in [2.45, 2.75) is 95.0 Å². The van der Waals surface area contributed by atoms with Crippen molar-refractivity contribution in [2.75, 3.05) is 13.2 Å². The molecule has 0 radical (unpaired) electrons. The molecule has 5 heteroatoms. The topological polar surface area (TPSA) is 93.0 Å². The first-order chi connectivity index (χ1) is 10.6. The molecule has 0 aromatic heterocycles. The van der Waals surface area contributed by atoms with E-state index >= 15 is 0 Å². The summed E-state index contributed by atoms with van der Waals surface area (Å²) in [6, 6.07) is 0.368. The molecule has 0 heterocycles. The van der Waals surface area contributed by atoms with Gasteiger partial charge in [-0.1, -0.05) is 57.8 Å². The fourth-order valence-corrected chi connectivity index (χ4v) is 3.14. The Balaban J connectivity index is 2.32. The van der Waals surface area contributed by atoms with Crippen LogP contribution in [0.3, 0.4) is 0 Å². The molecule has 0 saturated heterocycles. The largest absolute Gasteiger partial charge is 0.394 e. The van der Waals surface area contributed by atoms with E-state index in [0.717, 1.165) is 12.8 Å². The zero-order valence-electron chi connectivity index (χ0n) is 13.8. The van der Waals surface area contributed by atoms with Crippen molar-refractivity contribution in [3.05, 3.63) is 0 Å². The van der Waals surface area contributed by atoms with Gasteiger partial charge in [-0.2, -0.15) is 0 Å². The third-order valence-electron chi connectivity index (χ3n) is 4.70. The first-order valence-corrected chi connectivity index (χ1v) is 9.03. The van der Waals surface area contributed by atoms with Gasteiger partial charge in [0, 0.05) is 12.6 Å². The van der Waals surface area contributed by atoms with Gasteiger partial charge in [0.05, 0.1) is 12.7 Å². The summed E-state index contributed by atoms with van der Waals surface area (Å²) in [4.78, 5) is 0. The molecule has 0 aromatic rings. The molecule has 0 aliphatic heterocycles. The lowest BCUT2D eigenvalue weighted by molar-refractivity contribution is -0.0756. The van der Waals surface area contributed by atoms with Crippen LogP contribution in [0.15, 0.2) is 0 Å². The Morgan fingerprint density at radius 1 is 0.727 bits per heavy atom. The third kappa shape index (κ3) is 8.44. The molecule has 22 heavy (non-hydrogen) atoms. The molecule has 1 fully saturated rings. The molecule has 0 amide bonds. The van der Waals surface area contributed by atoms with Crippen LogP contribution < -0.4 is 5.32 Å². The molecular weight excluding hydrogens is 282 g/mol. The number of hydrogen-bond donors (Lipinski definition) is 5. The lowest BCUT2D eigenvalue weighted by Crippen LogP contribution is -2.46. The van der Waals surface area contributed by atoms with E-state index in [-0.39, 0.29) is 6.54 Å². The maximum absolute atomic E-state index is 9.87. The maximum Gasteiger partial charge on any atom is 0.109 e. The average Bonchev–Trinajstić information content (AvgIpc) is 2.52. The molecule has 0 spiro atoms. The van der Waals surface area contributed by atoms with Gasteiger partial charge in [0.1, 0.15) is 12.2 Å². The second kappa shape index (κ2) is 12.3. The summed E-state index contributed by atoms with van der Waals surface area (Å²) in [6.07, 6.45) is 10.2. The van der Waals surface area contributed by atoms with Gasteiger partial charge >= 0.3 is 0 Å². The van der Waals surface area contributed by atoms with Gasteiger partial charge in [0.15, 0.2) is 0 Å². The van der Waals surface area contributed by atoms with Crippen LogP contribution in [0.1, 0.15) is 70.6 Å². The van der Waals surface area contributed by atoms with E-state index in [1.54, 1.807) is 0 Å². The summed E-state index contributed by atoms with van der Waals surface area (Å²) in [5.41, 5.74) is 0. The maximum atomic E-state index is 9.87. The van der Waals surface area contributed by atoms with Crippen LogP contribution in [-0.4, -0.2) is 57.9 Å². The number of aliphatic hydroxyl groups is 4. The standard InChI is InChI=1S/C17H35NO4/c19-13-16(21)17(22)15(20)12-18-14-10-8-6-4-2-1-3-5-7-9-11-14/h14-22H,1-13H2/t15-,16-,17+/m1/s1. The van der Waals surface area contributed by atoms with Crippen LogP contribution in [0.5, 0.6) is 0 Å². The van der Waals surface area contributed by atoms with E-state index < -0.39 is 24.9 Å². The van der Waals surface area contributed by atoms with Gasteiger partial charge < -0.3 is 25.7 Å². The average molecular weight is 317 g/mol. The molecule has 1 aliphatic rings. The highest BCUT2D eigenvalue weighted by molar-refractivity contribution is 4.78. The van der Waals surface area contributed by atoms with Crippen molar-refractivity contribution < 1.29 is 20.4 Å². The Bertz CT molecular complexity index is 253. The minimum Gasteiger partial charge on any atom is -0.394 e. The molecular formula is C17H35NO4. The first kappa shape index (κ1) is 19.8. The van der Waals surface area contributed by atoms with Crippen LogP contribution in [-0.2, 0) is 0 Å². The van der Waals surface area contributed by atoms with Crippen LogP contribution >= 0.6 is 0 Å². The van der Waals surface area contributed by atoms with Crippen molar-refractivity contribution in [1.29, 1.82) is 0 Å². The lowest BCUT2D eigenvalue weighted by atomic mass is 9.97. The van der Waals surface area contributed by atoms with E-state index in [1.165, 1.54) is 57.8 Å².